The molecule has 156 valence electrons. The Balaban J connectivity index is 2.63. The van der Waals surface area contributed by atoms with Crippen molar-refractivity contribution in [3.63, 3.8) is 0 Å². The molecule has 0 aromatic heterocycles. The van der Waals surface area contributed by atoms with E-state index in [1.165, 1.54) is 11.4 Å². The van der Waals surface area contributed by atoms with Crippen molar-refractivity contribution in [3.05, 3.63) is 40.1 Å². The minimum atomic E-state index is -3.38. The van der Waals surface area contributed by atoms with Gasteiger partial charge in [-0.1, -0.05) is 38.5 Å². The lowest BCUT2D eigenvalue weighted by molar-refractivity contribution is -0.116. The number of aryl methyl sites for hydroxylation is 3. The fourth-order valence-corrected chi connectivity index (χ4v) is 7.30. The summed E-state index contributed by atoms with van der Waals surface area (Å²) in [5.74, 6) is 1.24. The molecule has 1 unspecified atom stereocenters. The summed E-state index contributed by atoms with van der Waals surface area (Å²) in [7, 11) is 0. The summed E-state index contributed by atoms with van der Waals surface area (Å²) in [5.41, 5.74) is 4.47. The van der Waals surface area contributed by atoms with Gasteiger partial charge in [0.1, 0.15) is 5.76 Å². The van der Waals surface area contributed by atoms with Gasteiger partial charge in [0, 0.05) is 18.6 Å². The number of hydrogen-bond donors (Lipinski definition) is 0. The van der Waals surface area contributed by atoms with Crippen LogP contribution in [0.3, 0.4) is 0 Å². The first-order chi connectivity index (χ1) is 13.0. The summed E-state index contributed by atoms with van der Waals surface area (Å²) in [6, 6.07) is 4.15. The maximum Gasteiger partial charge on any atom is 0.439 e. The molecule has 4 nitrogen and oxygen atoms in total. The molecule has 0 N–H and O–H groups in total. The molecule has 0 radical (unpaired) electrons. The van der Waals surface area contributed by atoms with Crippen molar-refractivity contribution >= 4 is 29.5 Å². The third-order valence-electron chi connectivity index (χ3n) is 4.73. The van der Waals surface area contributed by atoms with Crippen LogP contribution in [0.4, 0.5) is 0 Å². The molecular formula is C22H33O4PS. The van der Waals surface area contributed by atoms with E-state index < -0.39 is 6.80 Å². The maximum absolute atomic E-state index is 13.3. The normalized spacial score (nSPS) is 18.9. The summed E-state index contributed by atoms with van der Waals surface area (Å²) in [5, 5.41) is 0. The lowest BCUT2D eigenvalue weighted by Crippen LogP contribution is -2.26. The molecule has 1 atom stereocenters. The minimum Gasteiger partial charge on any atom is -0.421 e. The van der Waals surface area contributed by atoms with Crippen LogP contribution in [0.5, 0.6) is 0 Å². The Hall–Kier alpha value is -1.03. The molecule has 1 aliphatic carbocycles. The number of ketones is 1. The van der Waals surface area contributed by atoms with E-state index in [4.69, 9.17) is 9.05 Å². The van der Waals surface area contributed by atoms with Crippen molar-refractivity contribution in [2.24, 2.45) is 5.41 Å². The predicted molar refractivity (Wildman–Crippen MR) is 119 cm³/mol. The second kappa shape index (κ2) is 9.19. The third-order valence-corrected chi connectivity index (χ3v) is 8.69. The van der Waals surface area contributed by atoms with E-state index >= 15 is 0 Å². The van der Waals surface area contributed by atoms with Crippen LogP contribution in [-0.4, -0.2) is 18.1 Å². The first-order valence-electron chi connectivity index (χ1n) is 9.95. The van der Waals surface area contributed by atoms with Crippen LogP contribution in [0.1, 0.15) is 69.2 Å². The fraction of sp³-hybridized carbons (Fsp3) is 0.591. The van der Waals surface area contributed by atoms with E-state index in [0.717, 1.165) is 28.7 Å². The number of carbonyl (C=O) groups is 1. The summed E-state index contributed by atoms with van der Waals surface area (Å²) in [4.78, 5) is 13.2. The van der Waals surface area contributed by atoms with Crippen molar-refractivity contribution in [3.8, 4) is 0 Å². The number of hydrogen-bond acceptors (Lipinski definition) is 5. The molecule has 28 heavy (non-hydrogen) atoms. The standard InChI is InChI=1S/C22H33O4PS/c1-8-10-28-27(24,25-9-2)26-19-14-22(6,7)13-18(23)21(19)20-16(4)11-15(3)12-17(20)5/h11-12H,8-10,13-14H2,1-7H3. The van der Waals surface area contributed by atoms with Crippen LogP contribution < -0.4 is 0 Å². The Morgan fingerprint density at radius 3 is 2.25 bits per heavy atom. The lowest BCUT2D eigenvalue weighted by Gasteiger charge is -2.34. The van der Waals surface area contributed by atoms with Crippen molar-refractivity contribution in [1.82, 2.24) is 0 Å². The van der Waals surface area contributed by atoms with Gasteiger partial charge in [-0.15, -0.1) is 0 Å². The zero-order valence-electron chi connectivity index (χ0n) is 18.2. The number of carbonyl (C=O) groups excluding carboxylic acids is 1. The van der Waals surface area contributed by atoms with Crippen LogP contribution in [0.15, 0.2) is 17.9 Å². The van der Waals surface area contributed by atoms with Gasteiger partial charge in [-0.25, -0.2) is 4.57 Å². The van der Waals surface area contributed by atoms with Crippen LogP contribution in [0, 0.1) is 26.2 Å². The third kappa shape index (κ3) is 5.52. The Morgan fingerprint density at radius 1 is 1.11 bits per heavy atom. The second-order valence-corrected chi connectivity index (χ2v) is 12.4. The Bertz CT molecular complexity index is 803. The number of allylic oxidation sites excluding steroid dienone is 2. The molecule has 1 aromatic rings. The molecule has 0 aliphatic heterocycles. The SMILES string of the molecule is CCCSP(=O)(OCC)OC1=C(c2c(C)cc(C)cc2C)C(=O)CC(C)(C)C1. The number of rotatable bonds is 8. The van der Waals surface area contributed by atoms with Gasteiger partial charge in [0.05, 0.1) is 12.2 Å². The van der Waals surface area contributed by atoms with E-state index in [2.05, 4.69) is 12.1 Å². The van der Waals surface area contributed by atoms with Gasteiger partial charge in [-0.2, -0.15) is 0 Å². The molecule has 1 aromatic carbocycles. The van der Waals surface area contributed by atoms with Crippen molar-refractivity contribution < 1.29 is 18.4 Å². The first-order valence-corrected chi connectivity index (χ1v) is 13.1. The Labute approximate surface area is 173 Å². The molecule has 0 saturated heterocycles. The quantitative estimate of drug-likeness (QED) is 0.420. The molecule has 6 heteroatoms. The Kier molecular flexibility index (Phi) is 7.63. The molecule has 0 bridgehead atoms. The summed E-state index contributed by atoms with van der Waals surface area (Å²) >= 11 is 1.22. The van der Waals surface area contributed by atoms with Gasteiger partial charge < -0.3 is 4.52 Å². The maximum atomic E-state index is 13.3. The highest BCUT2D eigenvalue weighted by Crippen LogP contribution is 2.64. The zero-order chi connectivity index (χ0) is 21.1. The molecule has 1 aliphatic rings. The molecule has 0 amide bonds. The summed E-state index contributed by atoms with van der Waals surface area (Å²) < 4.78 is 25.0. The highest BCUT2D eigenvalue weighted by atomic mass is 32.7. The van der Waals surface area contributed by atoms with Crippen molar-refractivity contribution in [2.75, 3.05) is 12.4 Å². The number of benzene rings is 1. The molecule has 0 heterocycles. The smallest absolute Gasteiger partial charge is 0.421 e. The van der Waals surface area contributed by atoms with Crippen molar-refractivity contribution in [2.45, 2.75) is 67.7 Å². The van der Waals surface area contributed by atoms with E-state index in [-0.39, 0.29) is 11.2 Å². The van der Waals surface area contributed by atoms with E-state index in [9.17, 15) is 9.36 Å². The monoisotopic (exact) mass is 424 g/mol. The van der Waals surface area contributed by atoms with Gasteiger partial charge in [-0.05, 0) is 67.6 Å². The van der Waals surface area contributed by atoms with E-state index in [1.807, 2.05) is 48.5 Å². The van der Waals surface area contributed by atoms with Crippen LogP contribution in [-0.2, 0) is 18.4 Å². The topological polar surface area (TPSA) is 52.6 Å². The highest BCUT2D eigenvalue weighted by molar-refractivity contribution is 8.55. The summed E-state index contributed by atoms with van der Waals surface area (Å²) in [6.45, 7) is 10.9. The largest absolute Gasteiger partial charge is 0.439 e. The van der Waals surface area contributed by atoms with Gasteiger partial charge in [0.15, 0.2) is 5.78 Å². The molecule has 0 spiro atoms. The lowest BCUT2D eigenvalue weighted by atomic mass is 9.74. The number of Topliss-reactive ketones (excluding diaryl/α,β-unsaturated/α-hetero) is 1. The van der Waals surface area contributed by atoms with Crippen LogP contribution in [0.25, 0.3) is 5.57 Å². The molecule has 0 saturated carbocycles. The minimum absolute atomic E-state index is 0.0462. The highest BCUT2D eigenvalue weighted by Gasteiger charge is 2.39. The zero-order valence-corrected chi connectivity index (χ0v) is 19.9. The molecular weight excluding hydrogens is 391 g/mol. The Morgan fingerprint density at radius 2 is 1.71 bits per heavy atom. The molecule has 2 rings (SSSR count). The molecule has 0 fully saturated rings. The average Bonchev–Trinajstić information content (AvgIpc) is 2.54. The van der Waals surface area contributed by atoms with Crippen molar-refractivity contribution in [1.29, 1.82) is 0 Å². The van der Waals surface area contributed by atoms with Gasteiger partial charge in [0.2, 0.25) is 0 Å². The van der Waals surface area contributed by atoms with Crippen LogP contribution >= 0.6 is 18.2 Å². The average molecular weight is 425 g/mol. The van der Waals surface area contributed by atoms with E-state index in [1.54, 1.807) is 0 Å². The predicted octanol–water partition coefficient (Wildman–Crippen LogP) is 7.02. The second-order valence-electron chi connectivity index (χ2n) is 8.30. The van der Waals surface area contributed by atoms with Crippen LogP contribution in [0.2, 0.25) is 0 Å². The fourth-order valence-electron chi connectivity index (χ4n) is 3.78. The summed E-state index contributed by atoms with van der Waals surface area (Å²) in [6.07, 6.45) is 1.88. The van der Waals surface area contributed by atoms with E-state index in [0.29, 0.717) is 36.5 Å². The van der Waals surface area contributed by atoms with Gasteiger partial charge in [0.25, 0.3) is 0 Å². The van der Waals surface area contributed by atoms with Gasteiger partial charge >= 0.3 is 6.80 Å². The first kappa shape index (κ1) is 23.3. The van der Waals surface area contributed by atoms with Gasteiger partial charge in [-0.3, -0.25) is 9.32 Å².